The molecular weight excluding hydrogens is 360 g/mol. The van der Waals surface area contributed by atoms with E-state index in [2.05, 4.69) is 24.5 Å². The van der Waals surface area contributed by atoms with Crippen LogP contribution in [0, 0.1) is 17.8 Å². The molecule has 3 saturated heterocycles. The number of hydrogen-bond donors (Lipinski definition) is 2. The van der Waals surface area contributed by atoms with Crippen molar-refractivity contribution in [2.75, 3.05) is 19.6 Å². The highest BCUT2D eigenvalue weighted by Crippen LogP contribution is 2.35. The van der Waals surface area contributed by atoms with E-state index in [4.69, 9.17) is 4.74 Å². The van der Waals surface area contributed by atoms with Gasteiger partial charge in [-0.1, -0.05) is 13.8 Å². The first-order valence-electron chi connectivity index (χ1n) is 10.4. The van der Waals surface area contributed by atoms with E-state index in [0.717, 1.165) is 0 Å². The van der Waals surface area contributed by atoms with Crippen LogP contribution in [0.1, 0.15) is 48.0 Å². The maximum atomic E-state index is 13.6. The van der Waals surface area contributed by atoms with E-state index in [1.54, 1.807) is 4.90 Å². The van der Waals surface area contributed by atoms with Crippen LogP contribution in [-0.4, -0.2) is 71.2 Å². The molecular formula is C20H34N4O4. The summed E-state index contributed by atoms with van der Waals surface area (Å²) < 4.78 is 5.94. The van der Waals surface area contributed by atoms with Crippen molar-refractivity contribution in [1.29, 1.82) is 0 Å². The highest BCUT2D eigenvalue weighted by molar-refractivity contribution is 6.00. The average molecular weight is 395 g/mol. The zero-order valence-corrected chi connectivity index (χ0v) is 17.8. The molecule has 2 N–H and O–H groups in total. The molecule has 3 aliphatic heterocycles. The van der Waals surface area contributed by atoms with Gasteiger partial charge >= 0.3 is 6.03 Å². The molecule has 3 aliphatic rings. The number of carbonyl (C=O) groups excluding carboxylic acids is 3. The summed E-state index contributed by atoms with van der Waals surface area (Å²) in [5.74, 6) is -1.11. The maximum Gasteiger partial charge on any atom is 0.325 e. The summed E-state index contributed by atoms with van der Waals surface area (Å²) in [7, 11) is 0. The summed E-state index contributed by atoms with van der Waals surface area (Å²) in [4.78, 5) is 42.2. The van der Waals surface area contributed by atoms with Crippen LogP contribution in [0.5, 0.6) is 0 Å². The third kappa shape index (κ3) is 3.89. The number of carbonyl (C=O) groups is 3. The molecule has 3 rings (SSSR count). The molecule has 0 aliphatic carbocycles. The molecule has 0 bridgehead atoms. The van der Waals surface area contributed by atoms with Gasteiger partial charge in [-0.15, -0.1) is 0 Å². The lowest BCUT2D eigenvalue weighted by atomic mass is 9.75. The van der Waals surface area contributed by atoms with E-state index in [-0.39, 0.29) is 29.9 Å². The molecule has 8 heteroatoms. The molecule has 3 fully saturated rings. The maximum absolute atomic E-state index is 13.6. The van der Waals surface area contributed by atoms with E-state index in [1.165, 1.54) is 0 Å². The first kappa shape index (κ1) is 21.0. The van der Waals surface area contributed by atoms with Gasteiger partial charge in [-0.3, -0.25) is 20.2 Å². The van der Waals surface area contributed by atoms with Gasteiger partial charge < -0.3 is 14.5 Å². The fraction of sp³-hybridized carbons (Fsp3) is 0.850. The van der Waals surface area contributed by atoms with E-state index >= 15 is 0 Å². The third-order valence-corrected chi connectivity index (χ3v) is 6.14. The lowest BCUT2D eigenvalue weighted by Crippen LogP contribution is -2.72. The quantitative estimate of drug-likeness (QED) is 0.750. The number of urea groups is 1. The van der Waals surface area contributed by atoms with Crippen LogP contribution in [0.25, 0.3) is 0 Å². The van der Waals surface area contributed by atoms with Gasteiger partial charge in [-0.25, -0.2) is 4.79 Å². The molecule has 5 atom stereocenters. The molecule has 3 heterocycles. The van der Waals surface area contributed by atoms with Crippen molar-refractivity contribution in [3.05, 3.63) is 0 Å². The van der Waals surface area contributed by atoms with Crippen LogP contribution in [0.3, 0.4) is 0 Å². The Labute approximate surface area is 167 Å². The number of nitrogens with zero attached hydrogens (tertiary/aromatic N) is 2. The highest BCUT2D eigenvalue weighted by Gasteiger charge is 2.53. The van der Waals surface area contributed by atoms with Crippen LogP contribution in [0.4, 0.5) is 4.79 Å². The Morgan fingerprint density at radius 3 is 2.57 bits per heavy atom. The van der Waals surface area contributed by atoms with Crippen molar-refractivity contribution in [3.8, 4) is 0 Å². The number of morpholine rings is 1. The summed E-state index contributed by atoms with van der Waals surface area (Å²) in [5.41, 5.74) is -0.419. The second-order valence-electron chi connectivity index (χ2n) is 9.32. The molecule has 158 valence electrons. The minimum Gasteiger partial charge on any atom is -0.369 e. The molecule has 0 spiro atoms. The monoisotopic (exact) mass is 394 g/mol. The molecule has 5 unspecified atom stereocenters. The van der Waals surface area contributed by atoms with Crippen molar-refractivity contribution in [1.82, 2.24) is 20.4 Å². The first-order valence-corrected chi connectivity index (χ1v) is 10.4. The number of ether oxygens (including phenoxy) is 1. The fourth-order valence-electron chi connectivity index (χ4n) is 4.94. The van der Waals surface area contributed by atoms with Gasteiger partial charge in [0.05, 0.1) is 29.7 Å². The largest absolute Gasteiger partial charge is 0.369 e. The van der Waals surface area contributed by atoms with Crippen LogP contribution in [0.15, 0.2) is 0 Å². The lowest BCUT2D eigenvalue weighted by Gasteiger charge is -2.51. The predicted molar refractivity (Wildman–Crippen MR) is 104 cm³/mol. The normalized spacial score (nSPS) is 35.6. The number of nitrogens with one attached hydrogen (secondary N) is 2. The zero-order valence-electron chi connectivity index (χ0n) is 17.8. The molecule has 0 aromatic carbocycles. The third-order valence-electron chi connectivity index (χ3n) is 6.14. The minimum absolute atomic E-state index is 0.00840. The number of imide groups is 1. The second kappa shape index (κ2) is 7.63. The Bertz CT molecular complexity index is 650. The summed E-state index contributed by atoms with van der Waals surface area (Å²) in [6, 6.07) is -0.326. The van der Waals surface area contributed by atoms with Crippen LogP contribution >= 0.6 is 0 Å². The molecule has 0 aromatic rings. The Morgan fingerprint density at radius 2 is 2.00 bits per heavy atom. The number of piperidine rings is 1. The topological polar surface area (TPSA) is 91.0 Å². The van der Waals surface area contributed by atoms with Gasteiger partial charge in [0, 0.05) is 25.7 Å². The molecule has 0 saturated carbocycles. The van der Waals surface area contributed by atoms with Gasteiger partial charge in [-0.2, -0.15) is 0 Å². The Morgan fingerprint density at radius 1 is 1.32 bits per heavy atom. The summed E-state index contributed by atoms with van der Waals surface area (Å²) in [6.45, 7) is 13.5. The van der Waals surface area contributed by atoms with E-state index in [1.807, 2.05) is 32.6 Å². The molecule has 4 amide bonds. The Balaban J connectivity index is 1.91. The fourth-order valence-corrected chi connectivity index (χ4v) is 4.94. The molecule has 0 aromatic heterocycles. The second-order valence-corrected chi connectivity index (χ2v) is 9.32. The van der Waals surface area contributed by atoms with Crippen LogP contribution in [-0.2, 0) is 14.3 Å². The predicted octanol–water partition coefficient (Wildman–Crippen LogP) is 1.16. The Hall–Kier alpha value is -1.67. The standard InChI is InChI=1S/C20H34N4O4/c1-7-24-16-15(17(25)22-19(24)27)13(8-14(21-16)11(2)3)18(26)23-9-12(4)28-20(5,6)10-23/h11-16,21H,7-10H2,1-6H3,(H,22,25,27). The van der Waals surface area contributed by atoms with E-state index in [0.29, 0.717) is 26.1 Å². The first-order chi connectivity index (χ1) is 13.0. The number of rotatable bonds is 3. The van der Waals surface area contributed by atoms with Crippen molar-refractivity contribution >= 4 is 17.8 Å². The van der Waals surface area contributed by atoms with Crippen molar-refractivity contribution in [3.63, 3.8) is 0 Å². The van der Waals surface area contributed by atoms with Gasteiger partial charge in [0.2, 0.25) is 11.8 Å². The van der Waals surface area contributed by atoms with Crippen molar-refractivity contribution < 1.29 is 19.1 Å². The minimum atomic E-state index is -0.582. The molecule has 8 nitrogen and oxygen atoms in total. The highest BCUT2D eigenvalue weighted by atomic mass is 16.5. The smallest absolute Gasteiger partial charge is 0.325 e. The summed E-state index contributed by atoms with van der Waals surface area (Å²) in [6.07, 6.45) is 0.0797. The van der Waals surface area contributed by atoms with Gasteiger partial charge in [0.25, 0.3) is 0 Å². The van der Waals surface area contributed by atoms with E-state index in [9.17, 15) is 14.4 Å². The molecule has 28 heavy (non-hydrogen) atoms. The van der Waals surface area contributed by atoms with Gasteiger partial charge in [-0.05, 0) is 40.0 Å². The van der Waals surface area contributed by atoms with Gasteiger partial charge in [0.15, 0.2) is 0 Å². The number of hydrogen-bond acceptors (Lipinski definition) is 5. The Kier molecular flexibility index (Phi) is 5.74. The van der Waals surface area contributed by atoms with E-state index < -0.39 is 29.6 Å². The van der Waals surface area contributed by atoms with Crippen LogP contribution < -0.4 is 10.6 Å². The van der Waals surface area contributed by atoms with Gasteiger partial charge in [0.1, 0.15) is 0 Å². The number of amides is 4. The summed E-state index contributed by atoms with van der Waals surface area (Å²) >= 11 is 0. The van der Waals surface area contributed by atoms with Crippen molar-refractivity contribution in [2.45, 2.75) is 71.9 Å². The average Bonchev–Trinajstić information content (AvgIpc) is 2.58. The SMILES string of the molecule is CCN1C(=O)NC(=O)C2C(C(=O)N3CC(C)OC(C)(C)C3)CC(C(C)C)NC21. The molecule has 0 radical (unpaired) electrons. The lowest BCUT2D eigenvalue weighted by molar-refractivity contribution is -0.168. The number of fused-ring (bicyclic) bond motifs is 1. The van der Waals surface area contributed by atoms with Crippen LogP contribution in [0.2, 0.25) is 0 Å². The summed E-state index contributed by atoms with van der Waals surface area (Å²) in [5, 5.41) is 5.93. The van der Waals surface area contributed by atoms with Crippen molar-refractivity contribution in [2.24, 2.45) is 17.8 Å². The zero-order chi connectivity index (χ0) is 20.8.